The smallest absolute Gasteiger partial charge is 0.223 e. The number of alkyl halides is 1. The van der Waals surface area contributed by atoms with Crippen LogP contribution in [-0.2, 0) is 4.79 Å². The molecule has 2 nitrogen and oxygen atoms in total. The molecule has 1 unspecified atom stereocenters. The van der Waals surface area contributed by atoms with Crippen molar-refractivity contribution >= 4 is 17.5 Å². The summed E-state index contributed by atoms with van der Waals surface area (Å²) in [5.41, 5.74) is 0. The Bertz CT molecular complexity index is 199. The molecule has 74 valence electrons. The van der Waals surface area contributed by atoms with E-state index in [4.69, 9.17) is 11.6 Å². The number of nitrogens with one attached hydrogen (secondary N) is 1. The van der Waals surface area contributed by atoms with Gasteiger partial charge in [-0.1, -0.05) is 6.42 Å². The van der Waals surface area contributed by atoms with Gasteiger partial charge < -0.3 is 5.32 Å². The van der Waals surface area contributed by atoms with Gasteiger partial charge in [-0.2, -0.15) is 0 Å². The summed E-state index contributed by atoms with van der Waals surface area (Å²) in [5.74, 6) is 1.18. The first-order valence-corrected chi connectivity index (χ1v) is 5.63. The third kappa shape index (κ3) is 2.37. The fraction of sp³-hybridized carbons (Fsp3) is 0.900. The third-order valence-electron chi connectivity index (χ3n) is 3.08. The Hall–Kier alpha value is -0.240. The molecule has 0 aliphatic heterocycles. The molecule has 0 radical (unpaired) electrons. The Balaban J connectivity index is 1.62. The highest BCUT2D eigenvalue weighted by molar-refractivity contribution is 6.21. The number of hydrogen-bond donors (Lipinski definition) is 1. The highest BCUT2D eigenvalue weighted by Crippen LogP contribution is 2.35. The molecule has 0 bridgehead atoms. The van der Waals surface area contributed by atoms with E-state index in [1.165, 1.54) is 19.3 Å². The first kappa shape index (κ1) is 9.32. The average molecular weight is 202 g/mol. The van der Waals surface area contributed by atoms with E-state index in [0.29, 0.717) is 18.4 Å². The van der Waals surface area contributed by atoms with Crippen LogP contribution in [0.5, 0.6) is 0 Å². The fourth-order valence-electron chi connectivity index (χ4n) is 1.64. The molecule has 1 atom stereocenters. The van der Waals surface area contributed by atoms with Gasteiger partial charge in [-0.15, -0.1) is 11.6 Å². The Morgan fingerprint density at radius 3 is 2.54 bits per heavy atom. The Kier molecular flexibility index (Phi) is 2.77. The van der Waals surface area contributed by atoms with Gasteiger partial charge in [0, 0.05) is 12.5 Å². The van der Waals surface area contributed by atoms with E-state index >= 15 is 0 Å². The van der Waals surface area contributed by atoms with Crippen molar-refractivity contribution in [3.63, 3.8) is 0 Å². The lowest BCUT2D eigenvalue weighted by Gasteiger charge is -2.24. The average Bonchev–Trinajstić information content (AvgIpc) is 2.78. The zero-order valence-electron chi connectivity index (χ0n) is 7.76. The minimum Gasteiger partial charge on any atom is -0.354 e. The molecule has 0 saturated heterocycles. The molecule has 13 heavy (non-hydrogen) atoms. The van der Waals surface area contributed by atoms with Gasteiger partial charge in [-0.05, 0) is 31.6 Å². The second-order valence-electron chi connectivity index (χ2n) is 4.23. The molecule has 2 saturated carbocycles. The number of carbonyl (C=O) groups is 1. The van der Waals surface area contributed by atoms with Gasteiger partial charge in [0.2, 0.25) is 5.91 Å². The van der Waals surface area contributed by atoms with Crippen molar-refractivity contribution in [2.45, 2.75) is 37.5 Å². The molecule has 2 rings (SSSR count). The van der Waals surface area contributed by atoms with Crippen LogP contribution in [-0.4, -0.2) is 17.8 Å². The van der Waals surface area contributed by atoms with Crippen molar-refractivity contribution in [2.24, 2.45) is 11.8 Å². The molecule has 0 aromatic heterocycles. The lowest BCUT2D eigenvalue weighted by molar-refractivity contribution is -0.127. The highest BCUT2D eigenvalue weighted by Gasteiger charge is 2.31. The summed E-state index contributed by atoms with van der Waals surface area (Å²) >= 11 is 6.07. The van der Waals surface area contributed by atoms with E-state index in [9.17, 15) is 4.79 Å². The van der Waals surface area contributed by atoms with Crippen LogP contribution in [0.1, 0.15) is 32.1 Å². The highest BCUT2D eigenvalue weighted by atomic mass is 35.5. The second-order valence-corrected chi connectivity index (χ2v) is 4.79. The first-order valence-electron chi connectivity index (χ1n) is 5.19. The van der Waals surface area contributed by atoms with Crippen LogP contribution in [0.15, 0.2) is 0 Å². The van der Waals surface area contributed by atoms with Crippen LogP contribution in [0.2, 0.25) is 0 Å². The molecule has 1 amide bonds. The van der Waals surface area contributed by atoms with Crippen LogP contribution in [0, 0.1) is 11.8 Å². The zero-order chi connectivity index (χ0) is 9.26. The monoisotopic (exact) mass is 201 g/mol. The van der Waals surface area contributed by atoms with E-state index in [1.54, 1.807) is 0 Å². The number of amides is 1. The Morgan fingerprint density at radius 1 is 1.38 bits per heavy atom. The van der Waals surface area contributed by atoms with Crippen LogP contribution in [0.25, 0.3) is 0 Å². The summed E-state index contributed by atoms with van der Waals surface area (Å²) in [6, 6.07) is 0. The number of hydrogen-bond acceptors (Lipinski definition) is 1. The van der Waals surface area contributed by atoms with Gasteiger partial charge in [-0.3, -0.25) is 4.79 Å². The number of halogens is 1. The molecule has 0 heterocycles. The second kappa shape index (κ2) is 3.87. The van der Waals surface area contributed by atoms with Gasteiger partial charge in [-0.25, -0.2) is 0 Å². The zero-order valence-corrected chi connectivity index (χ0v) is 8.52. The standard InChI is InChI=1S/C10H16ClNO/c11-9(7-4-5-7)6-12-10(13)8-2-1-3-8/h7-9H,1-6H2,(H,12,13). The molecule has 2 fully saturated rings. The predicted molar refractivity (Wildman–Crippen MR) is 52.7 cm³/mol. The van der Waals surface area contributed by atoms with E-state index in [0.717, 1.165) is 12.8 Å². The maximum absolute atomic E-state index is 11.4. The van der Waals surface area contributed by atoms with Crippen molar-refractivity contribution < 1.29 is 4.79 Å². The topological polar surface area (TPSA) is 29.1 Å². The van der Waals surface area contributed by atoms with Gasteiger partial charge in [0.05, 0.1) is 5.38 Å². The molecule has 0 aromatic carbocycles. The first-order chi connectivity index (χ1) is 6.27. The summed E-state index contributed by atoms with van der Waals surface area (Å²) in [6.45, 7) is 0.668. The maximum atomic E-state index is 11.4. The quantitative estimate of drug-likeness (QED) is 0.692. The van der Waals surface area contributed by atoms with Crippen LogP contribution in [0.3, 0.4) is 0 Å². The summed E-state index contributed by atoms with van der Waals surface area (Å²) in [6.07, 6.45) is 5.84. The minimum atomic E-state index is 0.170. The van der Waals surface area contributed by atoms with Crippen molar-refractivity contribution in [1.29, 1.82) is 0 Å². The molecular formula is C10H16ClNO. The third-order valence-corrected chi connectivity index (χ3v) is 3.59. The molecule has 2 aliphatic carbocycles. The molecule has 0 aromatic rings. The predicted octanol–water partition coefficient (Wildman–Crippen LogP) is 1.92. The molecule has 1 N–H and O–H groups in total. The van der Waals surface area contributed by atoms with Crippen molar-refractivity contribution in [3.05, 3.63) is 0 Å². The van der Waals surface area contributed by atoms with Crippen LogP contribution >= 0.6 is 11.6 Å². The van der Waals surface area contributed by atoms with Gasteiger partial charge in [0.25, 0.3) is 0 Å². The largest absolute Gasteiger partial charge is 0.354 e. The van der Waals surface area contributed by atoms with Gasteiger partial charge in [0.15, 0.2) is 0 Å². The van der Waals surface area contributed by atoms with Crippen LogP contribution in [0.4, 0.5) is 0 Å². The van der Waals surface area contributed by atoms with E-state index < -0.39 is 0 Å². The molecule has 2 aliphatic rings. The van der Waals surface area contributed by atoms with Gasteiger partial charge in [0.1, 0.15) is 0 Å². The van der Waals surface area contributed by atoms with Crippen molar-refractivity contribution in [1.82, 2.24) is 5.32 Å². The van der Waals surface area contributed by atoms with Crippen molar-refractivity contribution in [2.75, 3.05) is 6.54 Å². The maximum Gasteiger partial charge on any atom is 0.223 e. The normalized spacial score (nSPS) is 25.0. The van der Waals surface area contributed by atoms with E-state index in [2.05, 4.69) is 5.32 Å². The summed E-state index contributed by atoms with van der Waals surface area (Å²) in [4.78, 5) is 11.4. The lowest BCUT2D eigenvalue weighted by Crippen LogP contribution is -2.37. The van der Waals surface area contributed by atoms with Gasteiger partial charge >= 0.3 is 0 Å². The van der Waals surface area contributed by atoms with E-state index in [1.807, 2.05) is 0 Å². The fourth-order valence-corrected chi connectivity index (χ4v) is 1.97. The molecular weight excluding hydrogens is 186 g/mol. The van der Waals surface area contributed by atoms with Crippen LogP contribution < -0.4 is 5.32 Å². The van der Waals surface area contributed by atoms with E-state index in [-0.39, 0.29) is 11.3 Å². The SMILES string of the molecule is O=C(NCC(Cl)C1CC1)C1CCC1. The number of rotatable bonds is 4. The summed E-state index contributed by atoms with van der Waals surface area (Å²) in [5, 5.41) is 3.11. The summed E-state index contributed by atoms with van der Waals surface area (Å²) in [7, 11) is 0. The molecule has 0 spiro atoms. The lowest BCUT2D eigenvalue weighted by atomic mass is 9.85. The Morgan fingerprint density at radius 2 is 2.08 bits per heavy atom. The Labute approximate surface area is 84.0 Å². The number of carbonyl (C=O) groups excluding carboxylic acids is 1. The minimum absolute atomic E-state index is 0.170. The summed E-state index contributed by atoms with van der Waals surface area (Å²) < 4.78 is 0. The molecule has 3 heteroatoms. The van der Waals surface area contributed by atoms with Crippen molar-refractivity contribution in [3.8, 4) is 0 Å².